The maximum atomic E-state index is 13.0. The van der Waals surface area contributed by atoms with Gasteiger partial charge in [0.25, 0.3) is 0 Å². The molecule has 130 valence electrons. The second-order valence-electron chi connectivity index (χ2n) is 5.73. The highest BCUT2D eigenvalue weighted by molar-refractivity contribution is 7.89. The molecule has 3 rings (SSSR count). The van der Waals surface area contributed by atoms with Gasteiger partial charge >= 0.3 is 0 Å². The van der Waals surface area contributed by atoms with E-state index < -0.39 is 10.0 Å². The van der Waals surface area contributed by atoms with Gasteiger partial charge in [0.15, 0.2) is 0 Å². The molecule has 0 aliphatic heterocycles. The first-order valence-corrected chi connectivity index (χ1v) is 9.03. The van der Waals surface area contributed by atoms with Crippen LogP contribution < -0.4 is 0 Å². The molecule has 0 bridgehead atoms. The van der Waals surface area contributed by atoms with Crippen LogP contribution >= 0.6 is 0 Å². The molecule has 1 aromatic heterocycles. The molecule has 7 heteroatoms. The third-order valence-corrected chi connectivity index (χ3v) is 5.57. The Bertz CT molecular complexity index is 964. The van der Waals surface area contributed by atoms with E-state index in [9.17, 15) is 12.8 Å². The second kappa shape index (κ2) is 6.78. The zero-order valence-corrected chi connectivity index (χ0v) is 14.6. The molecule has 0 saturated carbocycles. The highest BCUT2D eigenvalue weighted by Crippen LogP contribution is 2.21. The molecule has 3 aromatic rings. The Hall–Kier alpha value is -2.51. The Morgan fingerprint density at radius 3 is 2.36 bits per heavy atom. The van der Waals surface area contributed by atoms with Crippen LogP contribution in [0.2, 0.25) is 0 Å². The zero-order chi connectivity index (χ0) is 18.0. The fourth-order valence-corrected chi connectivity index (χ4v) is 3.45. The minimum atomic E-state index is -3.61. The Balaban J connectivity index is 1.78. The number of rotatable bonds is 5. The second-order valence-corrected chi connectivity index (χ2v) is 7.77. The first-order chi connectivity index (χ1) is 11.9. The minimum Gasteiger partial charge on any atom is -0.444 e. The summed E-state index contributed by atoms with van der Waals surface area (Å²) in [6, 6.07) is 12.4. The quantitative estimate of drug-likeness (QED) is 0.697. The molecule has 0 unspecified atom stereocenters. The number of nitrogens with zero attached hydrogens (tertiary/aromatic N) is 2. The summed E-state index contributed by atoms with van der Waals surface area (Å²) < 4.78 is 44.7. The van der Waals surface area contributed by atoms with Crippen LogP contribution in [0.5, 0.6) is 0 Å². The van der Waals surface area contributed by atoms with Crippen molar-refractivity contribution in [3.63, 3.8) is 0 Å². The van der Waals surface area contributed by atoms with E-state index in [0.717, 1.165) is 5.56 Å². The van der Waals surface area contributed by atoms with Gasteiger partial charge in [0.05, 0.1) is 17.1 Å². The summed E-state index contributed by atoms with van der Waals surface area (Å²) >= 11 is 0. The van der Waals surface area contributed by atoms with E-state index in [2.05, 4.69) is 4.98 Å². The van der Waals surface area contributed by atoms with Crippen LogP contribution in [0.15, 0.2) is 64.1 Å². The maximum Gasteiger partial charge on any atom is 0.243 e. The van der Waals surface area contributed by atoms with Gasteiger partial charge in [-0.3, -0.25) is 0 Å². The van der Waals surface area contributed by atoms with Gasteiger partial charge in [-0.1, -0.05) is 17.7 Å². The monoisotopic (exact) mass is 360 g/mol. The van der Waals surface area contributed by atoms with Crippen molar-refractivity contribution in [1.29, 1.82) is 0 Å². The molecule has 0 aliphatic carbocycles. The molecule has 25 heavy (non-hydrogen) atoms. The molecular formula is C18H17FN2O3S. The number of aryl methyl sites for hydroxylation is 1. The van der Waals surface area contributed by atoms with Gasteiger partial charge in [-0.05, 0) is 43.3 Å². The molecule has 0 radical (unpaired) electrons. The predicted molar refractivity (Wildman–Crippen MR) is 91.7 cm³/mol. The number of sulfonamides is 1. The lowest BCUT2D eigenvalue weighted by molar-refractivity contribution is 0.461. The maximum absolute atomic E-state index is 13.0. The van der Waals surface area contributed by atoms with Gasteiger partial charge in [0.2, 0.25) is 15.9 Å². The number of oxazole rings is 1. The third kappa shape index (κ3) is 3.78. The number of benzene rings is 2. The molecule has 0 N–H and O–H groups in total. The average molecular weight is 360 g/mol. The van der Waals surface area contributed by atoms with Crippen molar-refractivity contribution >= 4 is 10.0 Å². The summed E-state index contributed by atoms with van der Waals surface area (Å²) in [5.41, 5.74) is 2.08. The summed E-state index contributed by atoms with van der Waals surface area (Å²) in [6.07, 6.45) is 1.40. The normalized spacial score (nSPS) is 11.8. The van der Waals surface area contributed by atoms with Crippen LogP contribution in [0.3, 0.4) is 0 Å². The molecule has 0 fully saturated rings. The van der Waals surface area contributed by atoms with Crippen LogP contribution in [0.4, 0.5) is 4.39 Å². The van der Waals surface area contributed by atoms with Crippen LogP contribution in [0, 0.1) is 12.7 Å². The van der Waals surface area contributed by atoms with Gasteiger partial charge in [-0.15, -0.1) is 0 Å². The van der Waals surface area contributed by atoms with E-state index in [0.29, 0.717) is 17.1 Å². The fraction of sp³-hybridized carbons (Fsp3) is 0.167. The molecule has 2 aromatic carbocycles. The Morgan fingerprint density at radius 1 is 1.08 bits per heavy atom. The summed E-state index contributed by atoms with van der Waals surface area (Å²) in [4.78, 5) is 4.50. The fourth-order valence-electron chi connectivity index (χ4n) is 2.31. The highest BCUT2D eigenvalue weighted by atomic mass is 32.2. The van der Waals surface area contributed by atoms with Gasteiger partial charge < -0.3 is 4.42 Å². The molecule has 1 heterocycles. The van der Waals surface area contributed by atoms with Crippen LogP contribution in [-0.2, 0) is 16.6 Å². The van der Waals surface area contributed by atoms with Crippen molar-refractivity contribution in [1.82, 2.24) is 9.29 Å². The van der Waals surface area contributed by atoms with E-state index in [4.69, 9.17) is 4.42 Å². The van der Waals surface area contributed by atoms with E-state index in [1.54, 1.807) is 36.4 Å². The smallest absolute Gasteiger partial charge is 0.243 e. The van der Waals surface area contributed by atoms with Crippen molar-refractivity contribution < 1.29 is 17.2 Å². The lowest BCUT2D eigenvalue weighted by Gasteiger charge is -2.15. The third-order valence-electron chi connectivity index (χ3n) is 3.76. The van der Waals surface area contributed by atoms with E-state index >= 15 is 0 Å². The molecule has 0 aliphatic rings. The van der Waals surface area contributed by atoms with Crippen molar-refractivity contribution in [2.24, 2.45) is 0 Å². The number of halogens is 1. The number of aromatic nitrogens is 1. The van der Waals surface area contributed by atoms with Gasteiger partial charge in [0, 0.05) is 12.6 Å². The summed E-state index contributed by atoms with van der Waals surface area (Å²) in [7, 11) is -2.13. The standard InChI is InChI=1S/C18H17FN2O3S/c1-13-3-9-17(10-4-13)25(22,23)21(2)11-16-12-24-18(20-16)14-5-7-15(19)8-6-14/h3-10,12H,11H2,1-2H3. The average Bonchev–Trinajstić information content (AvgIpc) is 3.04. The Morgan fingerprint density at radius 2 is 1.72 bits per heavy atom. The van der Waals surface area contributed by atoms with Crippen LogP contribution in [0.1, 0.15) is 11.3 Å². The topological polar surface area (TPSA) is 63.4 Å². The summed E-state index contributed by atoms with van der Waals surface area (Å²) in [5, 5.41) is 0. The number of hydrogen-bond acceptors (Lipinski definition) is 4. The zero-order valence-electron chi connectivity index (χ0n) is 13.8. The lowest BCUT2D eigenvalue weighted by atomic mass is 10.2. The highest BCUT2D eigenvalue weighted by Gasteiger charge is 2.22. The van der Waals surface area contributed by atoms with Gasteiger partial charge in [0.1, 0.15) is 12.1 Å². The summed E-state index contributed by atoms with van der Waals surface area (Å²) in [6.45, 7) is 1.97. The van der Waals surface area contributed by atoms with E-state index in [-0.39, 0.29) is 17.3 Å². The van der Waals surface area contributed by atoms with Crippen molar-refractivity contribution in [3.8, 4) is 11.5 Å². The van der Waals surface area contributed by atoms with E-state index in [1.165, 1.54) is 29.7 Å². The summed E-state index contributed by atoms with van der Waals surface area (Å²) in [5.74, 6) is -0.0319. The SMILES string of the molecule is Cc1ccc(S(=O)(=O)N(C)Cc2coc(-c3ccc(F)cc3)n2)cc1. The van der Waals surface area contributed by atoms with Crippen molar-refractivity contribution in [2.45, 2.75) is 18.4 Å². The molecule has 0 amide bonds. The van der Waals surface area contributed by atoms with Crippen LogP contribution in [0.25, 0.3) is 11.5 Å². The predicted octanol–water partition coefficient (Wildman–Crippen LogP) is 3.61. The van der Waals surface area contributed by atoms with Crippen molar-refractivity contribution in [2.75, 3.05) is 7.05 Å². The first-order valence-electron chi connectivity index (χ1n) is 7.59. The van der Waals surface area contributed by atoms with Crippen LogP contribution in [-0.4, -0.2) is 24.8 Å². The van der Waals surface area contributed by atoms with Crippen molar-refractivity contribution in [3.05, 3.63) is 71.9 Å². The first kappa shape index (κ1) is 17.3. The molecule has 5 nitrogen and oxygen atoms in total. The molecular weight excluding hydrogens is 343 g/mol. The van der Waals surface area contributed by atoms with E-state index in [1.807, 2.05) is 6.92 Å². The molecule has 0 spiro atoms. The Kier molecular flexibility index (Phi) is 4.69. The molecule has 0 saturated heterocycles. The lowest BCUT2D eigenvalue weighted by Crippen LogP contribution is -2.26. The minimum absolute atomic E-state index is 0.0703. The number of hydrogen-bond donors (Lipinski definition) is 0. The molecule has 0 atom stereocenters. The van der Waals surface area contributed by atoms with Gasteiger partial charge in [-0.2, -0.15) is 4.31 Å². The Labute approximate surface area is 145 Å². The largest absolute Gasteiger partial charge is 0.444 e. The van der Waals surface area contributed by atoms with Gasteiger partial charge in [-0.25, -0.2) is 17.8 Å².